The van der Waals surface area contributed by atoms with Crippen LogP contribution in [0.5, 0.6) is 11.5 Å². The first-order valence-corrected chi connectivity index (χ1v) is 8.56. The molecule has 2 aromatic rings. The van der Waals surface area contributed by atoms with Crippen molar-refractivity contribution in [1.29, 1.82) is 0 Å². The molecule has 24 heavy (non-hydrogen) atoms. The molecule has 0 aliphatic carbocycles. The van der Waals surface area contributed by atoms with Gasteiger partial charge in [-0.05, 0) is 54.3 Å². The Labute approximate surface area is 150 Å². The lowest BCUT2D eigenvalue weighted by Crippen LogP contribution is -2.11. The largest absolute Gasteiger partial charge is 0.490 e. The van der Waals surface area contributed by atoms with Crippen LogP contribution in [0.2, 0.25) is 0 Å². The van der Waals surface area contributed by atoms with Gasteiger partial charge in [0.25, 0.3) is 0 Å². The smallest absolute Gasteiger partial charge is 0.339 e. The predicted molar refractivity (Wildman–Crippen MR) is 97.4 cm³/mol. The lowest BCUT2D eigenvalue weighted by Gasteiger charge is -2.13. The van der Waals surface area contributed by atoms with Crippen LogP contribution >= 0.6 is 15.9 Å². The number of rotatable bonds is 7. The minimum Gasteiger partial charge on any atom is -0.490 e. The zero-order valence-electron chi connectivity index (χ0n) is 14.0. The standard InChI is InChI=1S/C19H21BrO4/c1-12(2)16-6-5-15(10-13(16)3)23-8-9-24-18-7-4-14(20)11-17(18)19(21)22/h4-7,10-12H,8-9H2,1-3H3,(H,21,22). The third-order valence-electron chi connectivity index (χ3n) is 3.64. The van der Waals surface area contributed by atoms with E-state index in [9.17, 15) is 9.90 Å². The number of carboxylic acid groups (broad SMARTS) is 1. The average Bonchev–Trinajstić information content (AvgIpc) is 2.52. The van der Waals surface area contributed by atoms with E-state index in [1.807, 2.05) is 12.1 Å². The van der Waals surface area contributed by atoms with E-state index in [1.165, 1.54) is 17.2 Å². The molecule has 0 amide bonds. The molecule has 1 N–H and O–H groups in total. The quantitative estimate of drug-likeness (QED) is 0.670. The number of aromatic carboxylic acids is 1. The van der Waals surface area contributed by atoms with Crippen LogP contribution in [-0.4, -0.2) is 24.3 Å². The van der Waals surface area contributed by atoms with Gasteiger partial charge in [-0.1, -0.05) is 35.8 Å². The molecule has 0 saturated heterocycles. The highest BCUT2D eigenvalue weighted by Crippen LogP contribution is 2.24. The van der Waals surface area contributed by atoms with E-state index < -0.39 is 5.97 Å². The fourth-order valence-electron chi connectivity index (χ4n) is 2.49. The zero-order chi connectivity index (χ0) is 17.7. The van der Waals surface area contributed by atoms with Crippen molar-refractivity contribution < 1.29 is 19.4 Å². The van der Waals surface area contributed by atoms with E-state index in [2.05, 4.69) is 42.8 Å². The Morgan fingerprint density at radius 3 is 2.46 bits per heavy atom. The van der Waals surface area contributed by atoms with Gasteiger partial charge >= 0.3 is 5.97 Å². The zero-order valence-corrected chi connectivity index (χ0v) is 15.6. The van der Waals surface area contributed by atoms with Crippen LogP contribution in [0.4, 0.5) is 0 Å². The fourth-order valence-corrected chi connectivity index (χ4v) is 2.85. The molecular formula is C19H21BrO4. The molecule has 0 fully saturated rings. The maximum Gasteiger partial charge on any atom is 0.339 e. The monoisotopic (exact) mass is 392 g/mol. The van der Waals surface area contributed by atoms with Gasteiger partial charge in [0.2, 0.25) is 0 Å². The van der Waals surface area contributed by atoms with Crippen LogP contribution in [0.15, 0.2) is 40.9 Å². The maximum atomic E-state index is 11.2. The molecule has 0 atom stereocenters. The minimum atomic E-state index is -1.02. The summed E-state index contributed by atoms with van der Waals surface area (Å²) in [4.78, 5) is 11.2. The molecule has 0 bridgehead atoms. The molecule has 2 aromatic carbocycles. The number of benzene rings is 2. The summed E-state index contributed by atoms with van der Waals surface area (Å²) in [7, 11) is 0. The Bertz CT molecular complexity index is 725. The van der Waals surface area contributed by atoms with E-state index in [1.54, 1.807) is 12.1 Å². The second-order valence-electron chi connectivity index (χ2n) is 5.82. The van der Waals surface area contributed by atoms with Gasteiger partial charge in [0.1, 0.15) is 30.3 Å². The molecular weight excluding hydrogens is 372 g/mol. The van der Waals surface area contributed by atoms with Crippen LogP contribution in [0.1, 0.15) is 41.3 Å². The number of halogens is 1. The molecule has 0 saturated carbocycles. The third kappa shape index (κ3) is 4.74. The summed E-state index contributed by atoms with van der Waals surface area (Å²) in [6.45, 7) is 7.01. The topological polar surface area (TPSA) is 55.8 Å². The van der Waals surface area contributed by atoms with Crippen molar-refractivity contribution >= 4 is 21.9 Å². The molecule has 2 rings (SSSR count). The van der Waals surface area contributed by atoms with Crippen molar-refractivity contribution in [1.82, 2.24) is 0 Å². The summed E-state index contributed by atoms with van der Waals surface area (Å²) in [6.07, 6.45) is 0. The Morgan fingerprint density at radius 1 is 1.12 bits per heavy atom. The molecule has 0 heterocycles. The lowest BCUT2D eigenvalue weighted by atomic mass is 9.98. The molecule has 4 nitrogen and oxygen atoms in total. The molecule has 0 radical (unpaired) electrons. The van der Waals surface area contributed by atoms with Crippen LogP contribution in [0, 0.1) is 6.92 Å². The number of carbonyl (C=O) groups is 1. The third-order valence-corrected chi connectivity index (χ3v) is 4.14. The van der Waals surface area contributed by atoms with E-state index in [0.29, 0.717) is 22.7 Å². The van der Waals surface area contributed by atoms with E-state index in [-0.39, 0.29) is 12.2 Å². The summed E-state index contributed by atoms with van der Waals surface area (Å²) >= 11 is 3.26. The Kier molecular flexibility index (Phi) is 6.26. The molecule has 0 spiro atoms. The van der Waals surface area contributed by atoms with Crippen molar-refractivity contribution in [2.75, 3.05) is 13.2 Å². The lowest BCUT2D eigenvalue weighted by molar-refractivity contribution is 0.0691. The summed E-state index contributed by atoms with van der Waals surface area (Å²) in [5.41, 5.74) is 2.63. The first-order chi connectivity index (χ1) is 11.4. The summed E-state index contributed by atoms with van der Waals surface area (Å²) < 4.78 is 11.9. The average molecular weight is 393 g/mol. The highest BCUT2D eigenvalue weighted by atomic mass is 79.9. The molecule has 0 unspecified atom stereocenters. The highest BCUT2D eigenvalue weighted by molar-refractivity contribution is 9.10. The van der Waals surface area contributed by atoms with Gasteiger partial charge in [-0.15, -0.1) is 0 Å². The Balaban J connectivity index is 1.92. The van der Waals surface area contributed by atoms with Gasteiger partial charge < -0.3 is 14.6 Å². The number of carboxylic acids is 1. The van der Waals surface area contributed by atoms with Crippen molar-refractivity contribution in [3.05, 3.63) is 57.6 Å². The number of hydrogen-bond acceptors (Lipinski definition) is 3. The summed E-state index contributed by atoms with van der Waals surface area (Å²) in [5, 5.41) is 9.19. The SMILES string of the molecule is Cc1cc(OCCOc2ccc(Br)cc2C(=O)O)ccc1C(C)C. The fraction of sp³-hybridized carbons (Fsp3) is 0.316. The second-order valence-corrected chi connectivity index (χ2v) is 6.73. The number of aryl methyl sites for hydroxylation is 1. The number of ether oxygens (including phenoxy) is 2. The molecule has 0 aromatic heterocycles. The maximum absolute atomic E-state index is 11.2. The van der Waals surface area contributed by atoms with Crippen LogP contribution in [-0.2, 0) is 0 Å². The number of hydrogen-bond donors (Lipinski definition) is 1. The van der Waals surface area contributed by atoms with Crippen LogP contribution in [0.3, 0.4) is 0 Å². The minimum absolute atomic E-state index is 0.126. The molecule has 128 valence electrons. The first-order valence-electron chi connectivity index (χ1n) is 7.77. The summed E-state index contributed by atoms with van der Waals surface area (Å²) in [5.74, 6) is 0.580. The Hall–Kier alpha value is -2.01. The van der Waals surface area contributed by atoms with Crippen molar-refractivity contribution in [2.24, 2.45) is 0 Å². The van der Waals surface area contributed by atoms with Crippen molar-refractivity contribution in [3.63, 3.8) is 0 Å². The van der Waals surface area contributed by atoms with E-state index >= 15 is 0 Å². The van der Waals surface area contributed by atoms with Crippen molar-refractivity contribution in [2.45, 2.75) is 26.7 Å². The van der Waals surface area contributed by atoms with Gasteiger partial charge in [-0.25, -0.2) is 4.79 Å². The van der Waals surface area contributed by atoms with Gasteiger partial charge in [0, 0.05) is 4.47 Å². The second kappa shape index (κ2) is 8.20. The molecule has 0 aliphatic heterocycles. The van der Waals surface area contributed by atoms with Gasteiger partial charge in [-0.3, -0.25) is 0 Å². The highest BCUT2D eigenvalue weighted by Gasteiger charge is 2.12. The molecule has 5 heteroatoms. The predicted octanol–water partition coefficient (Wildman–Crippen LogP) is 5.04. The van der Waals surface area contributed by atoms with E-state index in [0.717, 1.165) is 5.75 Å². The summed E-state index contributed by atoms with van der Waals surface area (Å²) in [6, 6.07) is 10.9. The van der Waals surface area contributed by atoms with Gasteiger partial charge in [-0.2, -0.15) is 0 Å². The van der Waals surface area contributed by atoms with E-state index in [4.69, 9.17) is 9.47 Å². The van der Waals surface area contributed by atoms with Gasteiger partial charge in [0.05, 0.1) is 0 Å². The Morgan fingerprint density at radius 2 is 1.83 bits per heavy atom. The molecule has 0 aliphatic rings. The van der Waals surface area contributed by atoms with Crippen LogP contribution < -0.4 is 9.47 Å². The first kappa shape index (κ1) is 18.3. The normalized spacial score (nSPS) is 10.7. The van der Waals surface area contributed by atoms with Crippen molar-refractivity contribution in [3.8, 4) is 11.5 Å². The van der Waals surface area contributed by atoms with Crippen LogP contribution in [0.25, 0.3) is 0 Å². The van der Waals surface area contributed by atoms with Gasteiger partial charge in [0.15, 0.2) is 0 Å².